The Bertz CT molecular complexity index is 223. The fourth-order valence-corrected chi connectivity index (χ4v) is 3.87. The molecule has 18 heavy (non-hydrogen) atoms. The lowest BCUT2D eigenvalue weighted by molar-refractivity contribution is 0.136. The molecule has 1 aliphatic carbocycles. The predicted molar refractivity (Wildman–Crippen MR) is 78.9 cm³/mol. The SMILES string of the molecule is CC1CCCCC1N(C)CCCC1CCCCN1. The van der Waals surface area contributed by atoms with E-state index in [1.165, 1.54) is 70.9 Å². The second kappa shape index (κ2) is 7.49. The molecule has 2 rings (SSSR count). The van der Waals surface area contributed by atoms with Gasteiger partial charge in [-0.3, -0.25) is 0 Å². The first kappa shape index (κ1) is 14.3. The van der Waals surface area contributed by atoms with Crippen LogP contribution in [0.1, 0.15) is 64.7 Å². The highest BCUT2D eigenvalue weighted by molar-refractivity contribution is 4.80. The smallest absolute Gasteiger partial charge is 0.0118 e. The third kappa shape index (κ3) is 4.24. The minimum absolute atomic E-state index is 0.816. The third-order valence-corrected chi connectivity index (χ3v) is 5.11. The van der Waals surface area contributed by atoms with Gasteiger partial charge < -0.3 is 10.2 Å². The average Bonchev–Trinajstić information content (AvgIpc) is 2.40. The Morgan fingerprint density at radius 2 is 1.83 bits per heavy atom. The van der Waals surface area contributed by atoms with E-state index in [4.69, 9.17) is 0 Å². The molecule has 106 valence electrons. The minimum atomic E-state index is 0.816. The van der Waals surface area contributed by atoms with Gasteiger partial charge in [-0.15, -0.1) is 0 Å². The number of nitrogens with one attached hydrogen (secondary N) is 1. The molecular formula is C16H32N2. The molecule has 1 heterocycles. The summed E-state index contributed by atoms with van der Waals surface area (Å²) in [5.41, 5.74) is 0. The van der Waals surface area contributed by atoms with Crippen molar-refractivity contribution in [2.24, 2.45) is 5.92 Å². The largest absolute Gasteiger partial charge is 0.314 e. The highest BCUT2D eigenvalue weighted by atomic mass is 15.1. The van der Waals surface area contributed by atoms with Crippen LogP contribution in [0.2, 0.25) is 0 Å². The summed E-state index contributed by atoms with van der Waals surface area (Å²) in [6.45, 7) is 5.00. The number of hydrogen-bond donors (Lipinski definition) is 1. The first-order valence-corrected chi connectivity index (χ1v) is 8.21. The molecule has 0 aromatic rings. The normalized spacial score (nSPS) is 33.8. The quantitative estimate of drug-likeness (QED) is 0.806. The van der Waals surface area contributed by atoms with Crippen LogP contribution in [-0.2, 0) is 0 Å². The topological polar surface area (TPSA) is 15.3 Å². The van der Waals surface area contributed by atoms with E-state index in [0.29, 0.717) is 0 Å². The summed E-state index contributed by atoms with van der Waals surface area (Å²) in [5, 5.41) is 3.66. The average molecular weight is 252 g/mol. The van der Waals surface area contributed by atoms with E-state index < -0.39 is 0 Å². The molecule has 1 aliphatic heterocycles. The van der Waals surface area contributed by atoms with E-state index in [1.807, 2.05) is 0 Å². The zero-order chi connectivity index (χ0) is 12.8. The second-order valence-electron chi connectivity index (χ2n) is 6.60. The molecule has 0 bridgehead atoms. The Kier molecular flexibility index (Phi) is 5.97. The molecule has 2 nitrogen and oxygen atoms in total. The summed E-state index contributed by atoms with van der Waals surface area (Å²) in [4.78, 5) is 2.65. The van der Waals surface area contributed by atoms with Crippen LogP contribution in [0.4, 0.5) is 0 Å². The Balaban J connectivity index is 1.62. The molecule has 0 aromatic heterocycles. The van der Waals surface area contributed by atoms with Crippen molar-refractivity contribution >= 4 is 0 Å². The summed E-state index contributed by atoms with van der Waals surface area (Å²) in [6, 6.07) is 1.67. The molecule has 1 saturated heterocycles. The molecule has 3 unspecified atom stereocenters. The minimum Gasteiger partial charge on any atom is -0.314 e. The van der Waals surface area contributed by atoms with Gasteiger partial charge in [0.2, 0.25) is 0 Å². The van der Waals surface area contributed by atoms with E-state index in [2.05, 4.69) is 24.2 Å². The zero-order valence-electron chi connectivity index (χ0n) is 12.5. The van der Waals surface area contributed by atoms with Gasteiger partial charge in [0.1, 0.15) is 0 Å². The Morgan fingerprint density at radius 3 is 2.56 bits per heavy atom. The summed E-state index contributed by atoms with van der Waals surface area (Å²) in [6.07, 6.45) is 12.8. The Hall–Kier alpha value is -0.0800. The molecule has 2 aliphatic rings. The van der Waals surface area contributed by atoms with Crippen molar-refractivity contribution in [3.05, 3.63) is 0 Å². The van der Waals surface area contributed by atoms with Gasteiger partial charge in [-0.25, -0.2) is 0 Å². The van der Waals surface area contributed by atoms with Crippen LogP contribution >= 0.6 is 0 Å². The van der Waals surface area contributed by atoms with Crippen molar-refractivity contribution < 1.29 is 0 Å². The summed E-state index contributed by atoms with van der Waals surface area (Å²) in [7, 11) is 2.35. The van der Waals surface area contributed by atoms with E-state index in [9.17, 15) is 0 Å². The molecule has 1 saturated carbocycles. The van der Waals surface area contributed by atoms with E-state index in [1.54, 1.807) is 0 Å². The van der Waals surface area contributed by atoms with Crippen LogP contribution in [0, 0.1) is 5.92 Å². The lowest BCUT2D eigenvalue weighted by atomic mass is 9.85. The van der Waals surface area contributed by atoms with Gasteiger partial charge in [0, 0.05) is 12.1 Å². The molecule has 0 aromatic carbocycles. The van der Waals surface area contributed by atoms with Crippen LogP contribution in [-0.4, -0.2) is 37.1 Å². The number of hydrogen-bond acceptors (Lipinski definition) is 2. The van der Waals surface area contributed by atoms with Crippen LogP contribution < -0.4 is 5.32 Å². The van der Waals surface area contributed by atoms with Gasteiger partial charge in [0.25, 0.3) is 0 Å². The maximum atomic E-state index is 3.66. The van der Waals surface area contributed by atoms with Crippen molar-refractivity contribution in [1.29, 1.82) is 0 Å². The number of piperidine rings is 1. The maximum absolute atomic E-state index is 3.66. The van der Waals surface area contributed by atoms with Crippen LogP contribution in [0.25, 0.3) is 0 Å². The second-order valence-corrected chi connectivity index (χ2v) is 6.60. The van der Waals surface area contributed by atoms with Gasteiger partial charge in [0.05, 0.1) is 0 Å². The van der Waals surface area contributed by atoms with Crippen LogP contribution in [0.5, 0.6) is 0 Å². The first-order valence-electron chi connectivity index (χ1n) is 8.21. The molecule has 1 N–H and O–H groups in total. The van der Waals surface area contributed by atoms with Gasteiger partial charge in [-0.05, 0) is 64.6 Å². The fourth-order valence-electron chi connectivity index (χ4n) is 3.87. The summed E-state index contributed by atoms with van der Waals surface area (Å²) >= 11 is 0. The molecule has 0 radical (unpaired) electrons. The standard InChI is InChI=1S/C16H32N2/c1-14-8-3-4-11-16(14)18(2)13-7-10-15-9-5-6-12-17-15/h14-17H,3-13H2,1-2H3. The number of nitrogens with zero attached hydrogens (tertiary/aromatic N) is 1. The monoisotopic (exact) mass is 252 g/mol. The van der Waals surface area contributed by atoms with Crippen molar-refractivity contribution in [3.8, 4) is 0 Å². The van der Waals surface area contributed by atoms with E-state index in [-0.39, 0.29) is 0 Å². The number of rotatable bonds is 5. The predicted octanol–water partition coefficient (Wildman–Crippen LogP) is 3.42. The van der Waals surface area contributed by atoms with Gasteiger partial charge >= 0.3 is 0 Å². The third-order valence-electron chi connectivity index (χ3n) is 5.11. The zero-order valence-corrected chi connectivity index (χ0v) is 12.5. The van der Waals surface area contributed by atoms with Crippen LogP contribution in [0.3, 0.4) is 0 Å². The highest BCUT2D eigenvalue weighted by Gasteiger charge is 2.24. The molecular weight excluding hydrogens is 220 g/mol. The van der Waals surface area contributed by atoms with Crippen LogP contribution in [0.15, 0.2) is 0 Å². The van der Waals surface area contributed by atoms with E-state index >= 15 is 0 Å². The maximum Gasteiger partial charge on any atom is 0.0118 e. The molecule has 0 spiro atoms. The highest BCUT2D eigenvalue weighted by Crippen LogP contribution is 2.27. The summed E-state index contributed by atoms with van der Waals surface area (Å²) in [5.74, 6) is 0.913. The van der Waals surface area contributed by atoms with E-state index in [0.717, 1.165) is 18.0 Å². The molecule has 0 amide bonds. The Labute approximate surface area is 114 Å². The fraction of sp³-hybridized carbons (Fsp3) is 1.00. The van der Waals surface area contributed by atoms with Crippen molar-refractivity contribution in [3.63, 3.8) is 0 Å². The first-order chi connectivity index (χ1) is 8.77. The molecule has 3 atom stereocenters. The van der Waals surface area contributed by atoms with Gasteiger partial charge in [0.15, 0.2) is 0 Å². The van der Waals surface area contributed by atoms with Gasteiger partial charge in [-0.1, -0.05) is 26.2 Å². The van der Waals surface area contributed by atoms with Crippen molar-refractivity contribution in [2.75, 3.05) is 20.1 Å². The van der Waals surface area contributed by atoms with Crippen molar-refractivity contribution in [1.82, 2.24) is 10.2 Å². The van der Waals surface area contributed by atoms with Crippen molar-refractivity contribution in [2.45, 2.75) is 76.8 Å². The lowest BCUT2D eigenvalue weighted by Gasteiger charge is -2.36. The Morgan fingerprint density at radius 1 is 1.06 bits per heavy atom. The molecule has 2 fully saturated rings. The summed E-state index contributed by atoms with van der Waals surface area (Å²) < 4.78 is 0. The lowest BCUT2D eigenvalue weighted by Crippen LogP contribution is -2.40. The molecule has 2 heteroatoms. The van der Waals surface area contributed by atoms with Gasteiger partial charge in [-0.2, -0.15) is 0 Å².